The van der Waals surface area contributed by atoms with E-state index < -0.39 is 0 Å². The molecule has 1 heterocycles. The topological polar surface area (TPSA) is 42.1 Å². The lowest BCUT2D eigenvalue weighted by Crippen LogP contribution is -1.88. The van der Waals surface area contributed by atoms with Crippen molar-refractivity contribution in [1.29, 1.82) is 0 Å². The number of carbonyl (C=O) groups excluding carboxylic acids is 1. The Morgan fingerprint density at radius 2 is 2.25 bits per heavy atom. The molecule has 12 heavy (non-hydrogen) atoms. The minimum absolute atomic E-state index is 0.426. The Morgan fingerprint density at radius 3 is 3.08 bits per heavy atom. The zero-order valence-electron chi connectivity index (χ0n) is 6.28. The highest BCUT2D eigenvalue weighted by Gasteiger charge is 2.00. The number of hydrogen-bond acceptors (Lipinski definition) is 2. The van der Waals surface area contributed by atoms with Gasteiger partial charge in [0.05, 0.1) is 5.52 Å². The van der Waals surface area contributed by atoms with Crippen LogP contribution >= 0.6 is 0 Å². The van der Waals surface area contributed by atoms with Gasteiger partial charge in [-0.3, -0.25) is 4.79 Å². The summed E-state index contributed by atoms with van der Waals surface area (Å²) in [6.45, 7) is 0.426. The van der Waals surface area contributed by atoms with E-state index in [-0.39, 0.29) is 0 Å². The predicted octanol–water partition coefficient (Wildman–Crippen LogP) is 1.70. The first-order chi connectivity index (χ1) is 5.92. The van der Waals surface area contributed by atoms with Gasteiger partial charge >= 0.3 is 0 Å². The molecule has 1 aromatic carbocycles. The first kappa shape index (κ1) is 6.91. The fourth-order valence-electron chi connectivity index (χ4n) is 1.21. The summed E-state index contributed by atoms with van der Waals surface area (Å²) in [7, 11) is 0. The van der Waals surface area contributed by atoms with Crippen molar-refractivity contribution in [2.75, 3.05) is 0 Å². The average molecular weight is 161 g/mol. The molecule has 2 rings (SSSR count). The molecule has 0 radical (unpaired) electrons. The molecule has 3 nitrogen and oxygen atoms in total. The quantitative estimate of drug-likeness (QED) is 0.681. The second-order valence-electron chi connectivity index (χ2n) is 2.41. The van der Waals surface area contributed by atoms with Gasteiger partial charge in [0.25, 0.3) is 6.47 Å². The third-order valence-corrected chi connectivity index (χ3v) is 1.72. The summed E-state index contributed by atoms with van der Waals surface area (Å²) in [5, 5.41) is 1.04. The minimum Gasteiger partial charge on any atom is -0.427 e. The van der Waals surface area contributed by atoms with Crippen LogP contribution in [0.3, 0.4) is 0 Å². The van der Waals surface area contributed by atoms with E-state index in [1.54, 1.807) is 6.07 Å². The summed E-state index contributed by atoms with van der Waals surface area (Å²) < 4.78 is 4.77. The molecule has 0 aliphatic heterocycles. The molecule has 0 spiro atoms. The first-order valence-electron chi connectivity index (χ1n) is 3.58. The Morgan fingerprint density at radius 1 is 1.33 bits per heavy atom. The van der Waals surface area contributed by atoms with Gasteiger partial charge in [-0.05, 0) is 12.1 Å². The standard InChI is InChI=1S/C9H7NO2/c11-6-12-8-3-1-2-7-4-5-10-9(7)8/h1-6,10H. The SMILES string of the molecule is O=COc1cccc2cc[nH]c12. The van der Waals surface area contributed by atoms with Crippen LogP contribution in [0.4, 0.5) is 0 Å². The molecule has 2 aromatic rings. The van der Waals surface area contributed by atoms with Crippen molar-refractivity contribution in [1.82, 2.24) is 4.98 Å². The Kier molecular flexibility index (Phi) is 1.55. The number of rotatable bonds is 2. The number of aromatic nitrogens is 1. The zero-order chi connectivity index (χ0) is 8.39. The van der Waals surface area contributed by atoms with Crippen LogP contribution in [-0.4, -0.2) is 11.5 Å². The van der Waals surface area contributed by atoms with Crippen LogP contribution in [0.1, 0.15) is 0 Å². The number of fused-ring (bicyclic) bond motifs is 1. The highest BCUT2D eigenvalue weighted by molar-refractivity contribution is 5.85. The van der Waals surface area contributed by atoms with E-state index in [0.29, 0.717) is 12.2 Å². The van der Waals surface area contributed by atoms with Crippen molar-refractivity contribution in [3.63, 3.8) is 0 Å². The van der Waals surface area contributed by atoms with Gasteiger partial charge in [0.1, 0.15) is 0 Å². The Balaban J connectivity index is 2.65. The summed E-state index contributed by atoms with van der Waals surface area (Å²) in [5.41, 5.74) is 0.851. The Hall–Kier alpha value is -1.77. The van der Waals surface area contributed by atoms with Gasteiger partial charge in [0.2, 0.25) is 0 Å². The van der Waals surface area contributed by atoms with Gasteiger partial charge in [-0.15, -0.1) is 0 Å². The summed E-state index contributed by atoms with van der Waals surface area (Å²) >= 11 is 0. The van der Waals surface area contributed by atoms with Crippen LogP contribution in [0.2, 0.25) is 0 Å². The molecule has 3 heteroatoms. The van der Waals surface area contributed by atoms with E-state index in [1.165, 1.54) is 0 Å². The van der Waals surface area contributed by atoms with Crippen LogP contribution < -0.4 is 4.74 Å². The molecule has 0 fully saturated rings. The molecule has 0 unspecified atom stereocenters. The lowest BCUT2D eigenvalue weighted by Gasteiger charge is -1.97. The number of para-hydroxylation sites is 1. The van der Waals surface area contributed by atoms with Crippen LogP contribution in [0.5, 0.6) is 5.75 Å². The number of nitrogens with one attached hydrogen (secondary N) is 1. The second-order valence-corrected chi connectivity index (χ2v) is 2.41. The maximum Gasteiger partial charge on any atom is 0.298 e. The highest BCUT2D eigenvalue weighted by atomic mass is 16.5. The smallest absolute Gasteiger partial charge is 0.298 e. The second kappa shape index (κ2) is 2.70. The predicted molar refractivity (Wildman–Crippen MR) is 45.0 cm³/mol. The zero-order valence-corrected chi connectivity index (χ0v) is 6.28. The Bertz CT molecular complexity index is 406. The van der Waals surface area contributed by atoms with Gasteiger partial charge in [0, 0.05) is 11.6 Å². The lowest BCUT2D eigenvalue weighted by atomic mass is 10.2. The van der Waals surface area contributed by atoms with E-state index in [0.717, 1.165) is 10.9 Å². The van der Waals surface area contributed by atoms with Crippen LogP contribution in [0, 0.1) is 0 Å². The molecular weight excluding hydrogens is 154 g/mol. The summed E-state index contributed by atoms with van der Waals surface area (Å²) in [6.07, 6.45) is 1.81. The van der Waals surface area contributed by atoms with Crippen LogP contribution in [0.25, 0.3) is 10.9 Å². The summed E-state index contributed by atoms with van der Waals surface area (Å²) in [6, 6.07) is 7.46. The van der Waals surface area contributed by atoms with Gasteiger partial charge in [0.15, 0.2) is 5.75 Å². The van der Waals surface area contributed by atoms with Crippen molar-refractivity contribution in [2.45, 2.75) is 0 Å². The number of carbonyl (C=O) groups is 1. The minimum atomic E-state index is 0.426. The molecule has 0 bridgehead atoms. The maximum absolute atomic E-state index is 10.1. The molecule has 0 saturated carbocycles. The van der Waals surface area contributed by atoms with E-state index >= 15 is 0 Å². The van der Waals surface area contributed by atoms with Crippen LogP contribution in [0.15, 0.2) is 30.5 Å². The molecule has 1 N–H and O–H groups in total. The van der Waals surface area contributed by atoms with Crippen molar-refractivity contribution < 1.29 is 9.53 Å². The van der Waals surface area contributed by atoms with Gasteiger partial charge in [-0.2, -0.15) is 0 Å². The lowest BCUT2D eigenvalue weighted by molar-refractivity contribution is -0.120. The summed E-state index contributed by atoms with van der Waals surface area (Å²) in [4.78, 5) is 13.1. The van der Waals surface area contributed by atoms with Crippen molar-refractivity contribution in [3.05, 3.63) is 30.5 Å². The van der Waals surface area contributed by atoms with Gasteiger partial charge < -0.3 is 9.72 Å². The molecular formula is C9H7NO2. The number of ether oxygens (including phenoxy) is 1. The number of hydrogen-bond donors (Lipinski definition) is 1. The molecule has 0 saturated heterocycles. The Labute approximate surface area is 69.0 Å². The van der Waals surface area contributed by atoms with Crippen molar-refractivity contribution in [3.8, 4) is 5.75 Å². The van der Waals surface area contributed by atoms with E-state index in [9.17, 15) is 4.79 Å². The monoisotopic (exact) mass is 161 g/mol. The van der Waals surface area contributed by atoms with E-state index in [4.69, 9.17) is 4.74 Å². The molecule has 0 aliphatic carbocycles. The van der Waals surface area contributed by atoms with Crippen LogP contribution in [-0.2, 0) is 4.79 Å². The largest absolute Gasteiger partial charge is 0.427 e. The first-order valence-corrected chi connectivity index (χ1v) is 3.58. The van der Waals surface area contributed by atoms with E-state index in [1.807, 2.05) is 24.4 Å². The third kappa shape index (κ3) is 0.955. The average Bonchev–Trinajstić information content (AvgIpc) is 2.53. The summed E-state index contributed by atoms with van der Waals surface area (Å²) in [5.74, 6) is 0.563. The molecule has 0 atom stereocenters. The molecule has 0 amide bonds. The van der Waals surface area contributed by atoms with Crippen molar-refractivity contribution in [2.24, 2.45) is 0 Å². The molecule has 60 valence electrons. The fraction of sp³-hybridized carbons (Fsp3) is 0. The number of aromatic amines is 1. The molecule has 1 aromatic heterocycles. The fourth-order valence-corrected chi connectivity index (χ4v) is 1.21. The number of H-pyrrole nitrogens is 1. The number of benzene rings is 1. The van der Waals surface area contributed by atoms with Gasteiger partial charge in [-0.1, -0.05) is 12.1 Å². The normalized spacial score (nSPS) is 10.0. The van der Waals surface area contributed by atoms with E-state index in [2.05, 4.69) is 4.98 Å². The third-order valence-electron chi connectivity index (χ3n) is 1.72. The molecule has 0 aliphatic rings. The van der Waals surface area contributed by atoms with Gasteiger partial charge in [-0.25, -0.2) is 0 Å². The van der Waals surface area contributed by atoms with Crippen molar-refractivity contribution >= 4 is 17.4 Å². The maximum atomic E-state index is 10.1. The highest BCUT2D eigenvalue weighted by Crippen LogP contribution is 2.22.